The van der Waals surface area contributed by atoms with Crippen LogP contribution in [0.1, 0.15) is 28.2 Å². The van der Waals surface area contributed by atoms with Gasteiger partial charge in [0.25, 0.3) is 5.91 Å². The zero-order chi connectivity index (χ0) is 21.3. The predicted molar refractivity (Wildman–Crippen MR) is 103 cm³/mol. The molecule has 1 aliphatic rings. The summed E-state index contributed by atoms with van der Waals surface area (Å²) in [6.45, 7) is -3.03. The van der Waals surface area contributed by atoms with Crippen LogP contribution in [0.15, 0.2) is 42.5 Å². The fourth-order valence-corrected chi connectivity index (χ4v) is 3.55. The number of nitrogens with zero attached hydrogens (tertiary/aromatic N) is 2. The summed E-state index contributed by atoms with van der Waals surface area (Å²) in [6, 6.07) is 10.1. The Morgan fingerprint density at radius 1 is 1.13 bits per heavy atom. The number of hydrogen-bond donors (Lipinski definition) is 1. The van der Waals surface area contributed by atoms with Crippen LogP contribution in [-0.2, 0) is 12.8 Å². The van der Waals surface area contributed by atoms with Crippen molar-refractivity contribution in [2.45, 2.75) is 25.9 Å². The molecule has 0 spiro atoms. The first-order chi connectivity index (χ1) is 14.5. The molecule has 0 unspecified atom stereocenters. The molecule has 9 heteroatoms. The maximum absolute atomic E-state index is 13.3. The van der Waals surface area contributed by atoms with Crippen LogP contribution in [-0.4, -0.2) is 29.4 Å². The summed E-state index contributed by atoms with van der Waals surface area (Å²) in [6.07, 6.45) is 2.33. The predicted octanol–water partition coefficient (Wildman–Crippen LogP) is 4.36. The first-order valence-electron chi connectivity index (χ1n) is 9.27. The average Bonchev–Trinajstić information content (AvgIpc) is 3.31. The topological polar surface area (TPSA) is 65.4 Å². The number of benzene rings is 2. The molecule has 1 aliphatic carbocycles. The molecular weight excluding hydrogens is 399 g/mol. The SMILES string of the molecule is COc1ccc(NC(=O)c2nn(-c3ccc(F)cc3)c3c2CCC3)cc1OC(F)F. The van der Waals surface area contributed by atoms with Crippen molar-refractivity contribution < 1.29 is 27.4 Å². The van der Waals surface area contributed by atoms with Crippen molar-refractivity contribution in [3.63, 3.8) is 0 Å². The van der Waals surface area contributed by atoms with Crippen LogP contribution >= 0.6 is 0 Å². The molecule has 0 saturated heterocycles. The van der Waals surface area contributed by atoms with Gasteiger partial charge in [-0.25, -0.2) is 9.07 Å². The quantitative estimate of drug-likeness (QED) is 0.647. The number of rotatable bonds is 6. The fraction of sp³-hybridized carbons (Fsp3) is 0.238. The van der Waals surface area contributed by atoms with Gasteiger partial charge in [-0.1, -0.05) is 0 Å². The Morgan fingerprint density at radius 2 is 1.90 bits per heavy atom. The Morgan fingerprint density at radius 3 is 2.60 bits per heavy atom. The Labute approximate surface area is 170 Å². The van der Waals surface area contributed by atoms with E-state index in [0.29, 0.717) is 12.1 Å². The van der Waals surface area contributed by atoms with Gasteiger partial charge in [0.05, 0.1) is 12.8 Å². The molecule has 3 aromatic rings. The number of hydrogen-bond acceptors (Lipinski definition) is 4. The number of carbonyl (C=O) groups excluding carboxylic acids is 1. The number of halogens is 3. The second-order valence-corrected chi connectivity index (χ2v) is 6.71. The first kappa shape index (κ1) is 19.8. The molecule has 0 radical (unpaired) electrons. The van der Waals surface area contributed by atoms with Gasteiger partial charge in [0.15, 0.2) is 17.2 Å². The summed E-state index contributed by atoms with van der Waals surface area (Å²) in [5, 5.41) is 7.11. The summed E-state index contributed by atoms with van der Waals surface area (Å²) in [7, 11) is 1.33. The smallest absolute Gasteiger partial charge is 0.387 e. The molecule has 1 heterocycles. The van der Waals surface area contributed by atoms with Crippen LogP contribution in [0, 0.1) is 5.82 Å². The van der Waals surface area contributed by atoms with E-state index in [9.17, 15) is 18.0 Å². The van der Waals surface area contributed by atoms with E-state index in [4.69, 9.17) is 4.74 Å². The normalized spacial score (nSPS) is 12.7. The number of fused-ring (bicyclic) bond motifs is 1. The van der Waals surface area contributed by atoms with E-state index in [1.165, 1.54) is 37.4 Å². The Hall–Kier alpha value is -3.49. The van der Waals surface area contributed by atoms with Crippen LogP contribution in [0.5, 0.6) is 11.5 Å². The van der Waals surface area contributed by atoms with E-state index in [1.807, 2.05) is 0 Å². The van der Waals surface area contributed by atoms with Gasteiger partial charge in [-0.15, -0.1) is 0 Å². The number of methoxy groups -OCH3 is 1. The molecule has 0 atom stereocenters. The number of nitrogens with one attached hydrogen (secondary N) is 1. The highest BCUT2D eigenvalue weighted by Gasteiger charge is 2.27. The molecule has 1 amide bonds. The minimum Gasteiger partial charge on any atom is -0.493 e. The first-order valence-corrected chi connectivity index (χ1v) is 9.27. The lowest BCUT2D eigenvalue weighted by Gasteiger charge is -2.12. The van der Waals surface area contributed by atoms with Gasteiger partial charge in [-0.05, 0) is 55.7 Å². The van der Waals surface area contributed by atoms with Crippen molar-refractivity contribution in [1.29, 1.82) is 0 Å². The summed E-state index contributed by atoms with van der Waals surface area (Å²) in [5.41, 5.74) is 2.90. The summed E-state index contributed by atoms with van der Waals surface area (Å²) in [5.74, 6) is -0.897. The third-order valence-corrected chi connectivity index (χ3v) is 4.85. The van der Waals surface area contributed by atoms with Crippen molar-refractivity contribution in [2.24, 2.45) is 0 Å². The minimum absolute atomic E-state index is 0.120. The lowest BCUT2D eigenvalue weighted by molar-refractivity contribution is -0.0511. The van der Waals surface area contributed by atoms with Gasteiger partial charge in [-0.3, -0.25) is 4.79 Å². The highest BCUT2D eigenvalue weighted by molar-refractivity contribution is 6.04. The third-order valence-electron chi connectivity index (χ3n) is 4.85. The number of aromatic nitrogens is 2. The molecule has 1 N–H and O–H groups in total. The molecule has 0 saturated carbocycles. The molecule has 1 aromatic heterocycles. The zero-order valence-electron chi connectivity index (χ0n) is 16.0. The molecule has 6 nitrogen and oxygen atoms in total. The Bertz CT molecular complexity index is 1080. The van der Waals surface area contributed by atoms with Crippen LogP contribution in [0.25, 0.3) is 5.69 Å². The molecule has 2 aromatic carbocycles. The fourth-order valence-electron chi connectivity index (χ4n) is 3.55. The monoisotopic (exact) mass is 417 g/mol. The molecule has 4 rings (SSSR count). The van der Waals surface area contributed by atoms with E-state index < -0.39 is 12.5 Å². The van der Waals surface area contributed by atoms with Gasteiger partial charge in [-0.2, -0.15) is 13.9 Å². The lowest BCUT2D eigenvalue weighted by Crippen LogP contribution is -2.15. The highest BCUT2D eigenvalue weighted by Crippen LogP contribution is 2.32. The Balaban J connectivity index is 1.63. The minimum atomic E-state index is -3.03. The van der Waals surface area contributed by atoms with Crippen molar-refractivity contribution in [1.82, 2.24) is 9.78 Å². The molecule has 0 fully saturated rings. The van der Waals surface area contributed by atoms with E-state index in [0.717, 1.165) is 24.1 Å². The van der Waals surface area contributed by atoms with Gasteiger partial charge in [0.1, 0.15) is 5.82 Å². The maximum atomic E-state index is 13.3. The molecule has 30 heavy (non-hydrogen) atoms. The van der Waals surface area contributed by atoms with Crippen LogP contribution < -0.4 is 14.8 Å². The number of alkyl halides is 2. The van der Waals surface area contributed by atoms with E-state index in [2.05, 4.69) is 15.2 Å². The zero-order valence-corrected chi connectivity index (χ0v) is 16.0. The van der Waals surface area contributed by atoms with E-state index in [1.54, 1.807) is 16.8 Å². The van der Waals surface area contributed by atoms with E-state index in [-0.39, 0.29) is 28.7 Å². The molecule has 156 valence electrons. The standard InChI is InChI=1S/C21H18F3N3O3/c1-29-17-10-7-13(11-18(17)30-21(23)24)25-20(28)19-15-3-2-4-16(15)27(26-19)14-8-5-12(22)6-9-14/h5-11,21H,2-4H2,1H3,(H,25,28). The second kappa shape index (κ2) is 8.10. The average molecular weight is 417 g/mol. The number of ether oxygens (including phenoxy) is 2. The van der Waals surface area contributed by atoms with Crippen LogP contribution in [0.2, 0.25) is 0 Å². The van der Waals surface area contributed by atoms with Crippen LogP contribution in [0.3, 0.4) is 0 Å². The summed E-state index contributed by atoms with van der Waals surface area (Å²) < 4.78 is 49.6. The van der Waals surface area contributed by atoms with Crippen LogP contribution in [0.4, 0.5) is 18.9 Å². The highest BCUT2D eigenvalue weighted by atomic mass is 19.3. The number of anilines is 1. The summed E-state index contributed by atoms with van der Waals surface area (Å²) in [4.78, 5) is 12.9. The summed E-state index contributed by atoms with van der Waals surface area (Å²) >= 11 is 0. The number of amides is 1. The Kier molecular flexibility index (Phi) is 5.35. The molecular formula is C21H18F3N3O3. The largest absolute Gasteiger partial charge is 0.493 e. The second-order valence-electron chi connectivity index (χ2n) is 6.71. The lowest BCUT2D eigenvalue weighted by atomic mass is 10.2. The number of carbonyl (C=O) groups is 1. The van der Waals surface area contributed by atoms with Crippen molar-refractivity contribution in [2.75, 3.05) is 12.4 Å². The van der Waals surface area contributed by atoms with E-state index >= 15 is 0 Å². The third kappa shape index (κ3) is 3.83. The molecule has 0 aliphatic heterocycles. The van der Waals surface area contributed by atoms with Gasteiger partial charge >= 0.3 is 6.61 Å². The maximum Gasteiger partial charge on any atom is 0.387 e. The van der Waals surface area contributed by atoms with Crippen molar-refractivity contribution >= 4 is 11.6 Å². The molecule has 0 bridgehead atoms. The van der Waals surface area contributed by atoms with Crippen molar-refractivity contribution in [3.05, 3.63) is 65.2 Å². The van der Waals surface area contributed by atoms with Crippen molar-refractivity contribution in [3.8, 4) is 17.2 Å². The van der Waals surface area contributed by atoms with Gasteiger partial charge < -0.3 is 14.8 Å². The van der Waals surface area contributed by atoms with Gasteiger partial charge in [0, 0.05) is 23.0 Å². The van der Waals surface area contributed by atoms with Gasteiger partial charge in [0.2, 0.25) is 0 Å².